The maximum Gasteiger partial charge on any atom is 0.138 e. The minimum atomic E-state index is -0.663. The summed E-state index contributed by atoms with van der Waals surface area (Å²) in [6, 6.07) is 7.19. The van der Waals surface area contributed by atoms with Gasteiger partial charge in [0.15, 0.2) is 0 Å². The van der Waals surface area contributed by atoms with E-state index in [1.54, 1.807) is 18.2 Å². The quantitative estimate of drug-likeness (QED) is 0.770. The Morgan fingerprint density at radius 2 is 2.26 bits per heavy atom. The number of carbonyl (C=O) groups is 1. The Hall–Kier alpha value is -1.67. The van der Waals surface area contributed by atoms with Crippen molar-refractivity contribution in [2.75, 3.05) is 0 Å². The predicted octanol–water partition coefficient (Wildman–Crippen LogP) is 3.93. The highest BCUT2D eigenvalue weighted by atomic mass is 35.5. The van der Waals surface area contributed by atoms with Crippen molar-refractivity contribution in [3.63, 3.8) is 0 Å². The molecule has 120 valence electrons. The number of fused-ring (bicyclic) bond motifs is 2. The predicted molar refractivity (Wildman–Crippen MR) is 86.5 cm³/mol. The molecule has 2 fully saturated rings. The van der Waals surface area contributed by atoms with Gasteiger partial charge in [-0.2, -0.15) is 5.26 Å². The van der Waals surface area contributed by atoms with Gasteiger partial charge in [0.25, 0.3) is 0 Å². The Kier molecular flexibility index (Phi) is 4.29. The fourth-order valence-electron chi connectivity index (χ4n) is 3.15. The number of benzene rings is 1. The highest BCUT2D eigenvalue weighted by Gasteiger charge is 2.48. The zero-order chi connectivity index (χ0) is 16.6. The van der Waals surface area contributed by atoms with E-state index in [-0.39, 0.29) is 23.7 Å². The van der Waals surface area contributed by atoms with Crippen molar-refractivity contribution in [2.45, 2.75) is 38.4 Å². The lowest BCUT2D eigenvalue weighted by atomic mass is 9.71. The summed E-state index contributed by atoms with van der Waals surface area (Å²) in [5.74, 6) is 0.219. The molecular formula is C18H18ClNO3. The Morgan fingerprint density at radius 3 is 2.96 bits per heavy atom. The summed E-state index contributed by atoms with van der Waals surface area (Å²) in [6.07, 6.45) is 4.92. The van der Waals surface area contributed by atoms with E-state index >= 15 is 0 Å². The molecule has 1 aromatic carbocycles. The molecule has 1 saturated carbocycles. The largest absolute Gasteiger partial charge is 0.299 e. The van der Waals surface area contributed by atoms with Crippen LogP contribution in [0.2, 0.25) is 5.02 Å². The van der Waals surface area contributed by atoms with Crippen LogP contribution in [0.1, 0.15) is 37.8 Å². The highest BCUT2D eigenvalue weighted by molar-refractivity contribution is 6.32. The summed E-state index contributed by atoms with van der Waals surface area (Å²) in [7, 11) is 0. The monoisotopic (exact) mass is 331 g/mol. The van der Waals surface area contributed by atoms with Gasteiger partial charge in [-0.05, 0) is 37.1 Å². The minimum Gasteiger partial charge on any atom is -0.299 e. The number of ketones is 1. The molecule has 0 spiro atoms. The fourth-order valence-corrected chi connectivity index (χ4v) is 3.39. The average molecular weight is 332 g/mol. The first-order chi connectivity index (χ1) is 10.9. The van der Waals surface area contributed by atoms with E-state index in [1.807, 2.05) is 26.0 Å². The van der Waals surface area contributed by atoms with Crippen LogP contribution >= 0.6 is 11.6 Å². The topological polar surface area (TPSA) is 59.3 Å². The van der Waals surface area contributed by atoms with E-state index in [1.165, 1.54) is 0 Å². The standard InChI is InChI=1S/C18H18ClNO3/c1-11-16(21)8-14-9-17(11)22-23-18(14,2)6-5-13-4-3-12(10-20)7-15(13)19/h3-7,11,14,17H,8-9H2,1-2H3/b6-5-/t11-,14+,17+,18+/m1/s1. The van der Waals surface area contributed by atoms with Crippen LogP contribution < -0.4 is 0 Å². The lowest BCUT2D eigenvalue weighted by molar-refractivity contribution is -0.415. The number of Topliss-reactive ketones (excluding diaryl/α,β-unsaturated/α-hetero) is 1. The molecule has 0 aromatic heterocycles. The fraction of sp³-hybridized carbons (Fsp3) is 0.444. The summed E-state index contributed by atoms with van der Waals surface area (Å²) < 4.78 is 0. The van der Waals surface area contributed by atoms with Crippen molar-refractivity contribution in [2.24, 2.45) is 11.8 Å². The lowest BCUT2D eigenvalue weighted by Gasteiger charge is -2.45. The molecule has 4 atom stereocenters. The molecule has 23 heavy (non-hydrogen) atoms. The van der Waals surface area contributed by atoms with Crippen LogP contribution in [0.25, 0.3) is 6.08 Å². The second-order valence-corrected chi connectivity index (χ2v) is 6.88. The molecule has 1 heterocycles. The molecule has 1 aliphatic carbocycles. The van der Waals surface area contributed by atoms with Crippen molar-refractivity contribution < 1.29 is 14.6 Å². The van der Waals surface area contributed by atoms with Crippen molar-refractivity contribution in [1.29, 1.82) is 5.26 Å². The number of halogens is 1. The molecule has 4 nitrogen and oxygen atoms in total. The second kappa shape index (κ2) is 6.09. The molecule has 0 radical (unpaired) electrons. The third kappa shape index (κ3) is 3.05. The molecule has 1 saturated heterocycles. The van der Waals surface area contributed by atoms with Crippen molar-refractivity contribution in [1.82, 2.24) is 0 Å². The minimum absolute atomic E-state index is 0.0957. The van der Waals surface area contributed by atoms with E-state index in [0.717, 1.165) is 12.0 Å². The average Bonchev–Trinajstić information content (AvgIpc) is 2.54. The van der Waals surface area contributed by atoms with E-state index in [0.29, 0.717) is 17.0 Å². The maximum atomic E-state index is 12.1. The molecule has 0 amide bonds. The zero-order valence-electron chi connectivity index (χ0n) is 13.1. The van der Waals surface area contributed by atoms with Crippen molar-refractivity contribution >= 4 is 23.5 Å². The van der Waals surface area contributed by atoms with Crippen LogP contribution in [0.4, 0.5) is 0 Å². The van der Waals surface area contributed by atoms with Gasteiger partial charge < -0.3 is 0 Å². The van der Waals surface area contributed by atoms with Crippen molar-refractivity contribution in [3.05, 3.63) is 40.4 Å². The first-order valence-corrected chi connectivity index (χ1v) is 8.07. The Morgan fingerprint density at radius 1 is 1.48 bits per heavy atom. The van der Waals surface area contributed by atoms with Crippen molar-refractivity contribution in [3.8, 4) is 6.07 Å². The normalized spacial score (nSPS) is 33.7. The van der Waals surface area contributed by atoms with Crippen LogP contribution in [0.15, 0.2) is 24.3 Å². The summed E-state index contributed by atoms with van der Waals surface area (Å²) in [5, 5.41) is 9.38. The Labute approximate surface area is 140 Å². The van der Waals surface area contributed by atoms with Crippen LogP contribution in [-0.2, 0) is 14.6 Å². The van der Waals surface area contributed by atoms with Gasteiger partial charge in [-0.15, -0.1) is 0 Å². The molecule has 1 aliphatic heterocycles. The molecule has 2 aliphatic rings. The van der Waals surface area contributed by atoms with Gasteiger partial charge in [-0.25, -0.2) is 9.78 Å². The van der Waals surface area contributed by atoms with Gasteiger partial charge in [0, 0.05) is 23.3 Å². The number of carbonyl (C=O) groups excluding carboxylic acids is 1. The maximum absolute atomic E-state index is 12.1. The van der Waals surface area contributed by atoms with E-state index < -0.39 is 5.60 Å². The molecule has 0 N–H and O–H groups in total. The van der Waals surface area contributed by atoms with Crippen LogP contribution in [0, 0.1) is 23.2 Å². The second-order valence-electron chi connectivity index (χ2n) is 6.48. The lowest BCUT2D eigenvalue weighted by Crippen LogP contribution is -2.51. The van der Waals surface area contributed by atoms with Gasteiger partial charge in [-0.1, -0.05) is 30.7 Å². The molecule has 3 rings (SSSR count). The molecule has 0 unspecified atom stereocenters. The van der Waals surface area contributed by atoms with E-state index in [2.05, 4.69) is 6.07 Å². The highest BCUT2D eigenvalue weighted by Crippen LogP contribution is 2.43. The van der Waals surface area contributed by atoms with Gasteiger partial charge in [0.1, 0.15) is 17.5 Å². The summed E-state index contributed by atoms with van der Waals surface area (Å²) in [5.41, 5.74) is 0.655. The first kappa shape index (κ1) is 16.2. The number of nitrogens with zero attached hydrogens (tertiary/aromatic N) is 1. The molecule has 5 heteroatoms. The number of nitriles is 1. The Bertz CT molecular complexity index is 709. The first-order valence-electron chi connectivity index (χ1n) is 7.69. The van der Waals surface area contributed by atoms with Gasteiger partial charge in [-0.3, -0.25) is 4.79 Å². The molecule has 1 aromatic rings. The SMILES string of the molecule is C[C@@H]1C(=O)C[C@H]2C[C@@H]1OO[C@@]2(C)/C=C\c1ccc(C#N)cc1Cl. The van der Waals surface area contributed by atoms with Crippen LogP contribution in [-0.4, -0.2) is 17.5 Å². The third-order valence-electron chi connectivity index (χ3n) is 4.92. The van der Waals surface area contributed by atoms with Gasteiger partial charge in [0.05, 0.1) is 11.6 Å². The number of hydrogen-bond acceptors (Lipinski definition) is 4. The van der Waals surface area contributed by atoms with Gasteiger partial charge in [0.2, 0.25) is 0 Å². The molecule has 2 bridgehead atoms. The summed E-state index contributed by atoms with van der Waals surface area (Å²) in [4.78, 5) is 23.2. The summed E-state index contributed by atoms with van der Waals surface area (Å²) >= 11 is 6.19. The Balaban J connectivity index is 1.82. The van der Waals surface area contributed by atoms with E-state index in [9.17, 15) is 4.79 Å². The smallest absolute Gasteiger partial charge is 0.138 e. The van der Waals surface area contributed by atoms with E-state index in [4.69, 9.17) is 26.6 Å². The van der Waals surface area contributed by atoms with Gasteiger partial charge >= 0.3 is 0 Å². The van der Waals surface area contributed by atoms with Crippen LogP contribution in [0.3, 0.4) is 0 Å². The number of rotatable bonds is 2. The zero-order valence-corrected chi connectivity index (χ0v) is 13.8. The summed E-state index contributed by atoms with van der Waals surface area (Å²) in [6.45, 7) is 3.81. The number of hydrogen-bond donors (Lipinski definition) is 0. The van der Waals surface area contributed by atoms with Crippen LogP contribution in [0.5, 0.6) is 0 Å². The third-order valence-corrected chi connectivity index (χ3v) is 5.24. The molecular weight excluding hydrogens is 314 g/mol.